The van der Waals surface area contributed by atoms with Crippen LogP contribution in [0.3, 0.4) is 0 Å². The molecular weight excluding hydrogens is 372 g/mol. The molecule has 1 aliphatic rings. The number of hydrogen-bond acceptors (Lipinski definition) is 6. The maximum Gasteiger partial charge on any atom is 0.336 e. The van der Waals surface area contributed by atoms with Crippen LogP contribution < -0.4 is 10.6 Å². The van der Waals surface area contributed by atoms with Crippen LogP contribution in [0.2, 0.25) is 0 Å². The summed E-state index contributed by atoms with van der Waals surface area (Å²) < 4.78 is 1.42. The molecule has 4 rings (SSSR count). The maximum atomic E-state index is 13.2. The Morgan fingerprint density at radius 1 is 1.14 bits per heavy atom. The van der Waals surface area contributed by atoms with Gasteiger partial charge in [0.15, 0.2) is 0 Å². The summed E-state index contributed by atoms with van der Waals surface area (Å²) in [4.78, 5) is 25.1. The molecule has 29 heavy (non-hydrogen) atoms. The highest BCUT2D eigenvalue weighted by atomic mass is 16.4. The number of nitrogens with one attached hydrogen (secondary N) is 2. The van der Waals surface area contributed by atoms with Crippen molar-refractivity contribution in [1.82, 2.24) is 20.2 Å². The SMILES string of the molecule is CC1=C(C(=O)Nc2cccc(C)c2)C(c2ccccc2C(=O)O)n2nnnc2N1. The Balaban J connectivity index is 1.83. The summed E-state index contributed by atoms with van der Waals surface area (Å²) in [6, 6.07) is 13.2. The minimum absolute atomic E-state index is 0.0782. The fraction of sp³-hybridized carbons (Fsp3) is 0.150. The van der Waals surface area contributed by atoms with E-state index in [1.54, 1.807) is 31.2 Å². The number of carboxylic acid groups (broad SMARTS) is 1. The molecule has 3 aromatic rings. The van der Waals surface area contributed by atoms with Crippen LogP contribution in [0.15, 0.2) is 59.8 Å². The third-order valence-corrected chi connectivity index (χ3v) is 4.72. The van der Waals surface area contributed by atoms with E-state index in [1.807, 2.05) is 25.1 Å². The number of carbonyl (C=O) groups is 2. The number of carbonyl (C=O) groups excluding carboxylic acids is 1. The van der Waals surface area contributed by atoms with E-state index in [2.05, 4.69) is 26.2 Å². The van der Waals surface area contributed by atoms with Gasteiger partial charge in [-0.15, -0.1) is 0 Å². The second-order valence-electron chi connectivity index (χ2n) is 6.73. The molecular formula is C20H18N6O3. The molecule has 0 spiro atoms. The van der Waals surface area contributed by atoms with E-state index in [0.29, 0.717) is 28.5 Å². The first-order chi connectivity index (χ1) is 14.0. The number of aromatic carboxylic acids is 1. The number of aryl methyl sites for hydroxylation is 1. The van der Waals surface area contributed by atoms with Gasteiger partial charge in [0.2, 0.25) is 5.95 Å². The van der Waals surface area contributed by atoms with Gasteiger partial charge >= 0.3 is 5.97 Å². The number of benzene rings is 2. The minimum atomic E-state index is -1.09. The van der Waals surface area contributed by atoms with E-state index in [0.717, 1.165) is 5.56 Å². The zero-order chi connectivity index (χ0) is 20.5. The monoisotopic (exact) mass is 390 g/mol. The lowest BCUT2D eigenvalue weighted by Crippen LogP contribution is -2.32. The van der Waals surface area contributed by atoms with Crippen molar-refractivity contribution < 1.29 is 14.7 Å². The summed E-state index contributed by atoms with van der Waals surface area (Å²) in [5.74, 6) is -1.13. The molecule has 2 aromatic carbocycles. The van der Waals surface area contributed by atoms with Gasteiger partial charge in [-0.3, -0.25) is 4.79 Å². The van der Waals surface area contributed by atoms with Crippen molar-refractivity contribution in [3.05, 3.63) is 76.5 Å². The molecule has 9 heteroatoms. The van der Waals surface area contributed by atoms with E-state index in [-0.39, 0.29) is 11.5 Å². The number of aromatic nitrogens is 4. The molecule has 0 saturated heterocycles. The highest BCUT2D eigenvalue weighted by Gasteiger charge is 2.36. The molecule has 146 valence electrons. The largest absolute Gasteiger partial charge is 0.478 e. The van der Waals surface area contributed by atoms with Gasteiger partial charge in [-0.25, -0.2) is 4.79 Å². The predicted octanol–water partition coefficient (Wildman–Crippen LogP) is 2.61. The zero-order valence-corrected chi connectivity index (χ0v) is 15.7. The Morgan fingerprint density at radius 2 is 1.93 bits per heavy atom. The van der Waals surface area contributed by atoms with Crippen molar-refractivity contribution in [2.24, 2.45) is 0 Å². The Kier molecular flexibility index (Phi) is 4.55. The summed E-state index contributed by atoms with van der Waals surface area (Å²) in [6.07, 6.45) is 0. The first kappa shape index (κ1) is 18.4. The topological polar surface area (TPSA) is 122 Å². The highest BCUT2D eigenvalue weighted by Crippen LogP contribution is 2.36. The number of allylic oxidation sites excluding steroid dienone is 1. The summed E-state index contributed by atoms with van der Waals surface area (Å²) >= 11 is 0. The molecule has 1 unspecified atom stereocenters. The van der Waals surface area contributed by atoms with Crippen molar-refractivity contribution in [3.63, 3.8) is 0 Å². The summed E-state index contributed by atoms with van der Waals surface area (Å²) in [7, 11) is 0. The Hall–Kier alpha value is -4.01. The van der Waals surface area contributed by atoms with Gasteiger partial charge in [-0.1, -0.05) is 35.4 Å². The first-order valence-electron chi connectivity index (χ1n) is 8.91. The first-order valence-corrected chi connectivity index (χ1v) is 8.91. The number of tetrazole rings is 1. The molecule has 3 N–H and O–H groups in total. The van der Waals surface area contributed by atoms with Crippen LogP contribution in [-0.2, 0) is 4.79 Å². The number of anilines is 2. The quantitative estimate of drug-likeness (QED) is 0.626. The van der Waals surface area contributed by atoms with Crippen molar-refractivity contribution >= 4 is 23.5 Å². The van der Waals surface area contributed by atoms with Crippen molar-refractivity contribution in [2.45, 2.75) is 19.9 Å². The minimum Gasteiger partial charge on any atom is -0.478 e. The van der Waals surface area contributed by atoms with Gasteiger partial charge in [0.1, 0.15) is 6.04 Å². The number of amides is 1. The highest BCUT2D eigenvalue weighted by molar-refractivity contribution is 6.06. The third-order valence-electron chi connectivity index (χ3n) is 4.72. The van der Waals surface area contributed by atoms with Gasteiger partial charge in [-0.2, -0.15) is 4.68 Å². The van der Waals surface area contributed by atoms with Crippen LogP contribution in [0.5, 0.6) is 0 Å². The fourth-order valence-corrected chi connectivity index (χ4v) is 3.45. The lowest BCUT2D eigenvalue weighted by Gasteiger charge is -2.28. The number of nitrogens with zero attached hydrogens (tertiary/aromatic N) is 4. The van der Waals surface area contributed by atoms with E-state index in [1.165, 1.54) is 10.7 Å². The van der Waals surface area contributed by atoms with E-state index >= 15 is 0 Å². The molecule has 0 saturated carbocycles. The van der Waals surface area contributed by atoms with Crippen LogP contribution in [-0.4, -0.2) is 37.2 Å². The van der Waals surface area contributed by atoms with E-state index < -0.39 is 12.0 Å². The number of rotatable bonds is 4. The molecule has 1 aromatic heterocycles. The Labute approximate surface area is 166 Å². The predicted molar refractivity (Wildman–Crippen MR) is 105 cm³/mol. The lowest BCUT2D eigenvalue weighted by molar-refractivity contribution is -0.113. The smallest absolute Gasteiger partial charge is 0.336 e. The molecule has 9 nitrogen and oxygen atoms in total. The molecule has 0 radical (unpaired) electrons. The third kappa shape index (κ3) is 3.33. The van der Waals surface area contributed by atoms with Crippen LogP contribution >= 0.6 is 0 Å². The van der Waals surface area contributed by atoms with Crippen LogP contribution in [0.25, 0.3) is 0 Å². The van der Waals surface area contributed by atoms with Crippen molar-refractivity contribution in [3.8, 4) is 0 Å². The van der Waals surface area contributed by atoms with Gasteiger partial charge < -0.3 is 15.7 Å². The van der Waals surface area contributed by atoms with Crippen molar-refractivity contribution in [1.29, 1.82) is 0 Å². The van der Waals surface area contributed by atoms with Gasteiger partial charge in [0.05, 0.1) is 11.1 Å². The Bertz CT molecular complexity index is 1150. The van der Waals surface area contributed by atoms with E-state index in [4.69, 9.17) is 0 Å². The summed E-state index contributed by atoms with van der Waals surface area (Å²) in [6.45, 7) is 3.67. The Morgan fingerprint density at radius 3 is 2.69 bits per heavy atom. The van der Waals surface area contributed by atoms with Gasteiger partial charge in [-0.05, 0) is 53.6 Å². The van der Waals surface area contributed by atoms with Gasteiger partial charge in [0.25, 0.3) is 5.91 Å². The normalized spacial score (nSPS) is 15.4. The lowest BCUT2D eigenvalue weighted by atomic mass is 9.91. The van der Waals surface area contributed by atoms with Crippen LogP contribution in [0, 0.1) is 6.92 Å². The molecule has 1 aliphatic heterocycles. The van der Waals surface area contributed by atoms with Crippen molar-refractivity contribution in [2.75, 3.05) is 10.6 Å². The molecule has 0 aliphatic carbocycles. The molecule has 2 heterocycles. The molecule has 0 bridgehead atoms. The molecule has 1 amide bonds. The number of fused-ring (bicyclic) bond motifs is 1. The molecule has 1 atom stereocenters. The molecule has 0 fully saturated rings. The van der Waals surface area contributed by atoms with Crippen LogP contribution in [0.4, 0.5) is 11.6 Å². The van der Waals surface area contributed by atoms with E-state index in [9.17, 15) is 14.7 Å². The summed E-state index contributed by atoms with van der Waals surface area (Å²) in [5, 5.41) is 27.1. The average Bonchev–Trinajstić information content (AvgIpc) is 3.14. The van der Waals surface area contributed by atoms with Crippen LogP contribution in [0.1, 0.15) is 34.5 Å². The summed E-state index contributed by atoms with van der Waals surface area (Å²) in [5.41, 5.74) is 3.02. The maximum absolute atomic E-state index is 13.2. The second kappa shape index (κ2) is 7.19. The second-order valence-corrected chi connectivity index (χ2v) is 6.73. The van der Waals surface area contributed by atoms with Gasteiger partial charge in [0, 0.05) is 11.4 Å². The fourth-order valence-electron chi connectivity index (χ4n) is 3.45. The average molecular weight is 390 g/mol. The zero-order valence-electron chi connectivity index (χ0n) is 15.7. The number of hydrogen-bond donors (Lipinski definition) is 3. The standard InChI is InChI=1S/C20H18N6O3/c1-11-6-5-7-13(10-11)22-18(27)16-12(2)21-20-23-24-25-26(20)17(16)14-8-3-4-9-15(14)19(28)29/h3-10,17H,1-2H3,(H,22,27)(H,28,29)(H,21,23,25). The number of carboxylic acids is 1.